The molecule has 0 aromatic carbocycles. The summed E-state index contributed by atoms with van der Waals surface area (Å²) in [5, 5.41) is 14.9. The lowest BCUT2D eigenvalue weighted by molar-refractivity contribution is -0.138. The molecule has 1 aromatic heterocycles. The number of anilines is 2. The van der Waals surface area contributed by atoms with Crippen LogP contribution in [0.25, 0.3) is 0 Å². The highest BCUT2D eigenvalue weighted by molar-refractivity contribution is 5.75. The minimum absolute atomic E-state index is 0.0188. The molecule has 0 bridgehead atoms. The summed E-state index contributed by atoms with van der Waals surface area (Å²) in [5.41, 5.74) is 0. The average Bonchev–Trinajstić information content (AvgIpc) is 3.06. The SMILES string of the molecule is C=CCNc1cc(NC2CC2C(=O)O)ncn1. The lowest BCUT2D eigenvalue weighted by Gasteiger charge is -2.06. The Morgan fingerprint density at radius 3 is 3.00 bits per heavy atom. The van der Waals surface area contributed by atoms with Gasteiger partial charge in [-0.05, 0) is 6.42 Å². The van der Waals surface area contributed by atoms with Gasteiger partial charge < -0.3 is 15.7 Å². The third-order valence-corrected chi connectivity index (χ3v) is 2.54. The Morgan fingerprint density at radius 2 is 2.35 bits per heavy atom. The van der Waals surface area contributed by atoms with Gasteiger partial charge in [-0.3, -0.25) is 4.79 Å². The number of rotatable bonds is 6. The Kier molecular flexibility index (Phi) is 3.22. The summed E-state index contributed by atoms with van der Waals surface area (Å²) in [4.78, 5) is 18.7. The summed E-state index contributed by atoms with van der Waals surface area (Å²) in [7, 11) is 0. The second kappa shape index (κ2) is 4.82. The van der Waals surface area contributed by atoms with Crippen molar-refractivity contribution in [3.05, 3.63) is 25.0 Å². The molecule has 2 unspecified atom stereocenters. The molecule has 0 amide bonds. The average molecular weight is 234 g/mol. The highest BCUT2D eigenvalue weighted by atomic mass is 16.4. The quantitative estimate of drug-likeness (QED) is 0.635. The first-order valence-corrected chi connectivity index (χ1v) is 5.37. The van der Waals surface area contributed by atoms with Crippen molar-refractivity contribution in [1.82, 2.24) is 9.97 Å². The van der Waals surface area contributed by atoms with Gasteiger partial charge in [-0.15, -0.1) is 6.58 Å². The maximum Gasteiger partial charge on any atom is 0.308 e. The fourth-order valence-electron chi connectivity index (χ4n) is 1.53. The third-order valence-electron chi connectivity index (χ3n) is 2.54. The maximum atomic E-state index is 10.7. The van der Waals surface area contributed by atoms with E-state index in [0.717, 1.165) is 0 Å². The highest BCUT2D eigenvalue weighted by Crippen LogP contribution is 2.33. The first kappa shape index (κ1) is 11.4. The normalized spacial score (nSPS) is 21.6. The summed E-state index contributed by atoms with van der Waals surface area (Å²) in [5.74, 6) is 0.270. The molecule has 3 N–H and O–H groups in total. The minimum Gasteiger partial charge on any atom is -0.481 e. The fraction of sp³-hybridized carbons (Fsp3) is 0.364. The molecule has 1 aliphatic carbocycles. The van der Waals surface area contributed by atoms with Gasteiger partial charge in [-0.25, -0.2) is 9.97 Å². The van der Waals surface area contributed by atoms with Gasteiger partial charge in [0, 0.05) is 18.7 Å². The molecule has 1 fully saturated rings. The van der Waals surface area contributed by atoms with Crippen molar-refractivity contribution in [1.29, 1.82) is 0 Å². The smallest absolute Gasteiger partial charge is 0.308 e. The van der Waals surface area contributed by atoms with Crippen LogP contribution in [-0.4, -0.2) is 33.6 Å². The molecular formula is C11H14N4O2. The van der Waals surface area contributed by atoms with E-state index in [0.29, 0.717) is 24.6 Å². The number of nitrogens with zero attached hydrogens (tertiary/aromatic N) is 2. The van der Waals surface area contributed by atoms with Gasteiger partial charge in [-0.1, -0.05) is 6.08 Å². The lowest BCUT2D eigenvalue weighted by Crippen LogP contribution is -2.11. The molecule has 1 heterocycles. The molecule has 0 spiro atoms. The molecule has 6 heteroatoms. The van der Waals surface area contributed by atoms with Crippen LogP contribution in [0.5, 0.6) is 0 Å². The van der Waals surface area contributed by atoms with Crippen LogP contribution >= 0.6 is 0 Å². The van der Waals surface area contributed by atoms with Crippen molar-refractivity contribution in [3.8, 4) is 0 Å². The van der Waals surface area contributed by atoms with Gasteiger partial charge in [0.05, 0.1) is 5.92 Å². The first-order valence-electron chi connectivity index (χ1n) is 5.37. The van der Waals surface area contributed by atoms with E-state index in [-0.39, 0.29) is 12.0 Å². The Labute approximate surface area is 98.8 Å². The Bertz CT molecular complexity index is 435. The van der Waals surface area contributed by atoms with Crippen molar-refractivity contribution in [2.75, 3.05) is 17.2 Å². The van der Waals surface area contributed by atoms with Gasteiger partial charge in [0.25, 0.3) is 0 Å². The van der Waals surface area contributed by atoms with Crippen molar-refractivity contribution >= 4 is 17.6 Å². The number of nitrogens with one attached hydrogen (secondary N) is 2. The molecule has 2 rings (SSSR count). The highest BCUT2D eigenvalue weighted by Gasteiger charge is 2.43. The molecule has 2 atom stereocenters. The van der Waals surface area contributed by atoms with Crippen LogP contribution in [-0.2, 0) is 4.79 Å². The van der Waals surface area contributed by atoms with Gasteiger partial charge in [-0.2, -0.15) is 0 Å². The number of aliphatic carboxylic acids is 1. The van der Waals surface area contributed by atoms with E-state index in [2.05, 4.69) is 27.2 Å². The number of carboxylic acids is 1. The standard InChI is InChI=1S/C11H14N4O2/c1-2-3-12-9-5-10(14-6-13-9)15-8-4-7(8)11(16)17/h2,5-8H,1,3-4H2,(H,16,17)(H2,12,13,14,15). The van der Waals surface area contributed by atoms with Crippen LogP contribution in [0.1, 0.15) is 6.42 Å². The molecule has 1 aliphatic rings. The van der Waals surface area contributed by atoms with E-state index < -0.39 is 5.97 Å². The van der Waals surface area contributed by atoms with Crippen molar-refractivity contribution in [2.24, 2.45) is 5.92 Å². The molecule has 6 nitrogen and oxygen atoms in total. The van der Waals surface area contributed by atoms with Gasteiger partial charge in [0.1, 0.15) is 18.0 Å². The summed E-state index contributed by atoms with van der Waals surface area (Å²) in [6, 6.07) is 1.73. The van der Waals surface area contributed by atoms with E-state index in [1.165, 1.54) is 6.33 Å². The van der Waals surface area contributed by atoms with Crippen LogP contribution in [0.2, 0.25) is 0 Å². The number of carboxylic acid groups (broad SMARTS) is 1. The summed E-state index contributed by atoms with van der Waals surface area (Å²) in [6.45, 7) is 4.22. The second-order valence-electron chi connectivity index (χ2n) is 3.89. The van der Waals surface area contributed by atoms with Crippen LogP contribution in [0, 0.1) is 5.92 Å². The zero-order chi connectivity index (χ0) is 12.3. The van der Waals surface area contributed by atoms with Gasteiger partial charge >= 0.3 is 5.97 Å². The summed E-state index contributed by atoms with van der Waals surface area (Å²) < 4.78 is 0. The first-order chi connectivity index (χ1) is 8.20. The molecule has 1 saturated carbocycles. The molecule has 0 radical (unpaired) electrons. The largest absolute Gasteiger partial charge is 0.481 e. The van der Waals surface area contributed by atoms with Crippen LogP contribution in [0.15, 0.2) is 25.0 Å². The minimum atomic E-state index is -0.762. The monoisotopic (exact) mass is 234 g/mol. The molecule has 90 valence electrons. The number of hydrogen-bond acceptors (Lipinski definition) is 5. The van der Waals surface area contributed by atoms with E-state index in [9.17, 15) is 4.79 Å². The van der Waals surface area contributed by atoms with Crippen molar-refractivity contribution in [3.63, 3.8) is 0 Å². The van der Waals surface area contributed by atoms with Gasteiger partial charge in [0.15, 0.2) is 0 Å². The topological polar surface area (TPSA) is 87.1 Å². The molecular weight excluding hydrogens is 220 g/mol. The zero-order valence-corrected chi connectivity index (χ0v) is 9.26. The Balaban J connectivity index is 1.93. The predicted molar refractivity (Wildman–Crippen MR) is 63.9 cm³/mol. The van der Waals surface area contributed by atoms with E-state index in [1.54, 1.807) is 12.1 Å². The molecule has 0 saturated heterocycles. The Morgan fingerprint density at radius 1 is 1.59 bits per heavy atom. The van der Waals surface area contributed by atoms with Crippen molar-refractivity contribution < 1.29 is 9.90 Å². The van der Waals surface area contributed by atoms with E-state index >= 15 is 0 Å². The number of carbonyl (C=O) groups is 1. The fourth-order valence-corrected chi connectivity index (χ4v) is 1.53. The molecule has 1 aromatic rings. The van der Waals surface area contributed by atoms with Crippen LogP contribution in [0.4, 0.5) is 11.6 Å². The number of hydrogen-bond donors (Lipinski definition) is 3. The summed E-state index contributed by atoms with van der Waals surface area (Å²) >= 11 is 0. The maximum absolute atomic E-state index is 10.7. The van der Waals surface area contributed by atoms with Gasteiger partial charge in [0.2, 0.25) is 0 Å². The van der Waals surface area contributed by atoms with Crippen LogP contribution < -0.4 is 10.6 Å². The summed E-state index contributed by atoms with van der Waals surface area (Å²) in [6.07, 6.45) is 3.82. The van der Waals surface area contributed by atoms with Crippen LogP contribution in [0.3, 0.4) is 0 Å². The third kappa shape index (κ3) is 2.93. The predicted octanol–water partition coefficient (Wildman–Crippen LogP) is 0.959. The van der Waals surface area contributed by atoms with E-state index in [4.69, 9.17) is 5.11 Å². The number of aromatic nitrogens is 2. The van der Waals surface area contributed by atoms with E-state index in [1.807, 2.05) is 0 Å². The molecule has 0 aliphatic heterocycles. The lowest BCUT2D eigenvalue weighted by atomic mass is 10.4. The van der Waals surface area contributed by atoms with Crippen molar-refractivity contribution in [2.45, 2.75) is 12.5 Å². The second-order valence-corrected chi connectivity index (χ2v) is 3.89. The zero-order valence-electron chi connectivity index (χ0n) is 9.26. The Hall–Kier alpha value is -2.11. The molecule has 17 heavy (non-hydrogen) atoms.